The predicted octanol–water partition coefficient (Wildman–Crippen LogP) is 4.93. The smallest absolute Gasteiger partial charge is 0.273 e. The van der Waals surface area contributed by atoms with Crippen LogP contribution in [0, 0.1) is 12.7 Å². The van der Waals surface area contributed by atoms with E-state index in [0.29, 0.717) is 35.2 Å². The zero-order chi connectivity index (χ0) is 19.4. The number of ether oxygens (including phenoxy) is 1. The third-order valence-corrected chi connectivity index (χ3v) is 5.08. The number of hydrogen-bond acceptors (Lipinski definition) is 4. The number of rotatable bonds is 6. The summed E-state index contributed by atoms with van der Waals surface area (Å²) in [6, 6.07) is 12.7. The standard InChI is InChI=1S/C21H21FN2O2S/c1-4-24(3)21(25)19-13-27-20(23-19)17-9-8-16(11-18(17)22)26-12-15-7-5-6-14(2)10-15/h5-11,13H,4,12H2,1-3H3. The van der Waals surface area contributed by atoms with E-state index < -0.39 is 5.82 Å². The summed E-state index contributed by atoms with van der Waals surface area (Å²) in [5, 5.41) is 2.14. The van der Waals surface area contributed by atoms with E-state index in [2.05, 4.69) is 4.98 Å². The summed E-state index contributed by atoms with van der Waals surface area (Å²) in [6.07, 6.45) is 0. The monoisotopic (exact) mass is 384 g/mol. The second-order valence-electron chi connectivity index (χ2n) is 6.28. The molecule has 1 heterocycles. The minimum atomic E-state index is -0.422. The first-order valence-corrected chi connectivity index (χ1v) is 9.55. The molecule has 0 spiro atoms. The van der Waals surface area contributed by atoms with Crippen LogP contribution in [0.3, 0.4) is 0 Å². The van der Waals surface area contributed by atoms with Gasteiger partial charge in [-0.15, -0.1) is 11.3 Å². The number of hydrogen-bond donors (Lipinski definition) is 0. The van der Waals surface area contributed by atoms with Crippen molar-refractivity contribution in [1.82, 2.24) is 9.88 Å². The van der Waals surface area contributed by atoms with Gasteiger partial charge in [-0.1, -0.05) is 29.8 Å². The number of halogens is 1. The Kier molecular flexibility index (Phi) is 5.86. The Labute approximate surface area is 162 Å². The normalized spacial score (nSPS) is 10.7. The molecule has 3 rings (SSSR count). The van der Waals surface area contributed by atoms with E-state index in [9.17, 15) is 9.18 Å². The number of thiazole rings is 1. The van der Waals surface area contributed by atoms with Crippen LogP contribution in [0.25, 0.3) is 10.6 Å². The van der Waals surface area contributed by atoms with Crippen molar-refractivity contribution in [3.8, 4) is 16.3 Å². The van der Waals surface area contributed by atoms with Gasteiger partial charge in [-0.25, -0.2) is 9.37 Å². The van der Waals surface area contributed by atoms with Crippen molar-refractivity contribution in [2.75, 3.05) is 13.6 Å². The van der Waals surface area contributed by atoms with Gasteiger partial charge in [0, 0.05) is 30.6 Å². The third kappa shape index (κ3) is 4.52. The van der Waals surface area contributed by atoms with E-state index in [1.807, 2.05) is 38.1 Å². The average molecular weight is 384 g/mol. The van der Waals surface area contributed by atoms with Gasteiger partial charge < -0.3 is 9.64 Å². The lowest BCUT2D eigenvalue weighted by molar-refractivity contribution is 0.0797. The first-order valence-electron chi connectivity index (χ1n) is 8.67. The van der Waals surface area contributed by atoms with Crippen LogP contribution in [0.4, 0.5) is 4.39 Å². The van der Waals surface area contributed by atoms with Crippen molar-refractivity contribution in [2.24, 2.45) is 0 Å². The van der Waals surface area contributed by atoms with Gasteiger partial charge in [0.15, 0.2) is 0 Å². The molecule has 0 bridgehead atoms. The highest BCUT2D eigenvalue weighted by molar-refractivity contribution is 7.13. The summed E-state index contributed by atoms with van der Waals surface area (Å²) in [7, 11) is 1.71. The SMILES string of the molecule is CCN(C)C(=O)c1csc(-c2ccc(OCc3cccc(C)c3)cc2F)n1. The fraction of sp³-hybridized carbons (Fsp3) is 0.238. The maximum atomic E-state index is 14.6. The van der Waals surface area contributed by atoms with Crippen LogP contribution in [-0.2, 0) is 6.61 Å². The van der Waals surface area contributed by atoms with Gasteiger partial charge in [0.2, 0.25) is 0 Å². The van der Waals surface area contributed by atoms with Crippen LogP contribution < -0.4 is 4.74 Å². The molecule has 3 aromatic rings. The Bertz CT molecular complexity index is 955. The van der Waals surface area contributed by atoms with E-state index in [1.165, 1.54) is 17.4 Å². The van der Waals surface area contributed by atoms with Crippen molar-refractivity contribution in [3.63, 3.8) is 0 Å². The van der Waals surface area contributed by atoms with Gasteiger partial charge >= 0.3 is 0 Å². The molecule has 4 nitrogen and oxygen atoms in total. The summed E-state index contributed by atoms with van der Waals surface area (Å²) in [5.74, 6) is -0.135. The maximum Gasteiger partial charge on any atom is 0.273 e. The molecule has 0 unspecified atom stereocenters. The first-order chi connectivity index (χ1) is 13.0. The summed E-state index contributed by atoms with van der Waals surface area (Å²) in [5.41, 5.74) is 2.88. The molecule has 2 aromatic carbocycles. The van der Waals surface area contributed by atoms with Crippen LogP contribution in [0.15, 0.2) is 47.8 Å². The van der Waals surface area contributed by atoms with E-state index in [-0.39, 0.29) is 5.91 Å². The first kappa shape index (κ1) is 19.0. The summed E-state index contributed by atoms with van der Waals surface area (Å²) < 4.78 is 20.2. The molecule has 1 aromatic heterocycles. The molecule has 0 fully saturated rings. The molecule has 0 aliphatic heterocycles. The number of aryl methyl sites for hydroxylation is 1. The average Bonchev–Trinajstić information content (AvgIpc) is 3.15. The van der Waals surface area contributed by atoms with Gasteiger partial charge in [0.05, 0.1) is 0 Å². The van der Waals surface area contributed by atoms with Crippen LogP contribution in [-0.4, -0.2) is 29.4 Å². The highest BCUT2D eigenvalue weighted by Gasteiger charge is 2.17. The highest BCUT2D eigenvalue weighted by Crippen LogP contribution is 2.29. The van der Waals surface area contributed by atoms with Crippen LogP contribution in [0.1, 0.15) is 28.5 Å². The molecule has 0 N–H and O–H groups in total. The van der Waals surface area contributed by atoms with Gasteiger partial charge in [0.25, 0.3) is 5.91 Å². The fourth-order valence-corrected chi connectivity index (χ4v) is 3.38. The van der Waals surface area contributed by atoms with Crippen molar-refractivity contribution in [2.45, 2.75) is 20.5 Å². The molecule has 6 heteroatoms. The predicted molar refractivity (Wildman–Crippen MR) is 106 cm³/mol. The molecule has 0 saturated heterocycles. The Morgan fingerprint density at radius 3 is 2.78 bits per heavy atom. The van der Waals surface area contributed by atoms with Crippen LogP contribution in [0.5, 0.6) is 5.75 Å². The molecule has 27 heavy (non-hydrogen) atoms. The van der Waals surface area contributed by atoms with Crippen molar-refractivity contribution < 1.29 is 13.9 Å². The lowest BCUT2D eigenvalue weighted by Crippen LogP contribution is -2.26. The Morgan fingerprint density at radius 2 is 2.07 bits per heavy atom. The molecular formula is C21H21FN2O2S. The van der Waals surface area contributed by atoms with Gasteiger partial charge in [-0.05, 0) is 31.5 Å². The third-order valence-electron chi connectivity index (χ3n) is 4.20. The zero-order valence-corrected chi connectivity index (χ0v) is 16.3. The quantitative estimate of drug-likeness (QED) is 0.605. The zero-order valence-electron chi connectivity index (χ0n) is 15.5. The second-order valence-corrected chi connectivity index (χ2v) is 7.13. The number of amides is 1. The lowest BCUT2D eigenvalue weighted by Gasteiger charge is -2.11. The second kappa shape index (κ2) is 8.31. The minimum absolute atomic E-state index is 0.168. The lowest BCUT2D eigenvalue weighted by atomic mass is 10.1. The summed E-state index contributed by atoms with van der Waals surface area (Å²) in [4.78, 5) is 18.0. The van der Waals surface area contributed by atoms with E-state index in [1.54, 1.807) is 29.5 Å². The highest BCUT2D eigenvalue weighted by atomic mass is 32.1. The van der Waals surface area contributed by atoms with Gasteiger partial charge in [-0.3, -0.25) is 4.79 Å². The molecule has 0 aliphatic carbocycles. The largest absolute Gasteiger partial charge is 0.489 e. The molecule has 0 radical (unpaired) electrons. The number of benzene rings is 2. The van der Waals surface area contributed by atoms with Crippen molar-refractivity contribution in [1.29, 1.82) is 0 Å². The van der Waals surface area contributed by atoms with Gasteiger partial charge in [0.1, 0.15) is 28.9 Å². The van der Waals surface area contributed by atoms with E-state index in [4.69, 9.17) is 4.74 Å². The number of aromatic nitrogens is 1. The molecular weight excluding hydrogens is 363 g/mol. The molecule has 0 aliphatic rings. The molecule has 0 saturated carbocycles. The van der Waals surface area contributed by atoms with E-state index >= 15 is 0 Å². The fourth-order valence-electron chi connectivity index (χ4n) is 2.56. The Hall–Kier alpha value is -2.73. The maximum absolute atomic E-state index is 14.6. The molecule has 140 valence electrons. The molecule has 1 amide bonds. The summed E-state index contributed by atoms with van der Waals surface area (Å²) in [6.45, 7) is 4.87. The van der Waals surface area contributed by atoms with Crippen molar-refractivity contribution in [3.05, 3.63) is 70.5 Å². The number of carbonyl (C=O) groups is 1. The number of carbonyl (C=O) groups excluding carboxylic acids is 1. The topological polar surface area (TPSA) is 42.4 Å². The van der Waals surface area contributed by atoms with Crippen molar-refractivity contribution >= 4 is 17.2 Å². The van der Waals surface area contributed by atoms with Crippen LogP contribution in [0.2, 0.25) is 0 Å². The number of nitrogens with zero attached hydrogens (tertiary/aromatic N) is 2. The summed E-state index contributed by atoms with van der Waals surface area (Å²) >= 11 is 1.25. The van der Waals surface area contributed by atoms with E-state index in [0.717, 1.165) is 11.1 Å². The Morgan fingerprint density at radius 1 is 1.26 bits per heavy atom. The van der Waals surface area contributed by atoms with Crippen LogP contribution >= 0.6 is 11.3 Å². The minimum Gasteiger partial charge on any atom is -0.489 e. The molecule has 0 atom stereocenters. The van der Waals surface area contributed by atoms with Gasteiger partial charge in [-0.2, -0.15) is 0 Å². The Balaban J connectivity index is 1.73.